The van der Waals surface area contributed by atoms with Crippen LogP contribution in [0.4, 0.5) is 23.2 Å². The number of alkyl halides is 3. The molecular formula is C24H21F4N3O4. The van der Waals surface area contributed by atoms with Gasteiger partial charge < -0.3 is 20.5 Å². The smallest absolute Gasteiger partial charge is 0.416 e. The van der Waals surface area contributed by atoms with E-state index in [4.69, 9.17) is 15.2 Å². The van der Waals surface area contributed by atoms with Gasteiger partial charge in [0.25, 0.3) is 11.8 Å². The zero-order valence-electron chi connectivity index (χ0n) is 18.9. The van der Waals surface area contributed by atoms with Crippen LogP contribution in [0, 0.1) is 12.7 Å². The van der Waals surface area contributed by atoms with E-state index in [1.807, 2.05) is 0 Å². The minimum atomic E-state index is -4.76. The highest BCUT2D eigenvalue weighted by Crippen LogP contribution is 2.38. The number of nitrogens with one attached hydrogen (secondary N) is 1. The number of halogens is 4. The van der Waals surface area contributed by atoms with Gasteiger partial charge in [-0.3, -0.25) is 14.6 Å². The van der Waals surface area contributed by atoms with Crippen molar-refractivity contribution in [2.45, 2.75) is 33.1 Å². The highest BCUT2D eigenvalue weighted by Gasteiger charge is 2.35. The minimum absolute atomic E-state index is 0.0583. The lowest BCUT2D eigenvalue weighted by atomic mass is 10.00. The molecule has 3 N–H and O–H groups in total. The third-order valence-corrected chi connectivity index (χ3v) is 4.72. The van der Waals surface area contributed by atoms with Gasteiger partial charge in [0.05, 0.1) is 17.2 Å². The summed E-state index contributed by atoms with van der Waals surface area (Å²) >= 11 is 0. The van der Waals surface area contributed by atoms with Crippen molar-refractivity contribution in [3.05, 3.63) is 76.9 Å². The molecule has 184 valence electrons. The molecule has 0 saturated carbocycles. The normalized spacial score (nSPS) is 11.3. The summed E-state index contributed by atoms with van der Waals surface area (Å²) in [6.45, 7) is 4.61. The van der Waals surface area contributed by atoms with E-state index in [1.54, 1.807) is 13.8 Å². The fraction of sp³-hybridized carbons (Fsp3) is 0.208. The number of aromatic nitrogens is 1. The Morgan fingerprint density at radius 3 is 2.34 bits per heavy atom. The summed E-state index contributed by atoms with van der Waals surface area (Å²) in [6, 6.07) is 7.89. The van der Waals surface area contributed by atoms with Crippen molar-refractivity contribution in [3.63, 3.8) is 0 Å². The van der Waals surface area contributed by atoms with Gasteiger partial charge in [0.15, 0.2) is 11.6 Å². The van der Waals surface area contributed by atoms with E-state index in [1.165, 1.54) is 24.4 Å². The number of carbonyl (C=O) groups is 2. The van der Waals surface area contributed by atoms with Gasteiger partial charge >= 0.3 is 6.18 Å². The van der Waals surface area contributed by atoms with E-state index in [2.05, 4.69) is 10.3 Å². The van der Waals surface area contributed by atoms with Crippen LogP contribution in [0.2, 0.25) is 0 Å². The van der Waals surface area contributed by atoms with Crippen molar-refractivity contribution in [3.8, 4) is 17.2 Å². The Morgan fingerprint density at radius 2 is 1.74 bits per heavy atom. The largest absolute Gasteiger partial charge is 0.491 e. The molecule has 3 rings (SSSR count). The molecule has 11 heteroatoms. The molecule has 0 aliphatic rings. The highest BCUT2D eigenvalue weighted by molar-refractivity contribution is 6.08. The van der Waals surface area contributed by atoms with E-state index >= 15 is 0 Å². The average molecular weight is 491 g/mol. The molecule has 0 atom stereocenters. The van der Waals surface area contributed by atoms with Gasteiger partial charge in [-0.25, -0.2) is 4.39 Å². The zero-order valence-corrected chi connectivity index (χ0v) is 18.9. The molecule has 0 saturated heterocycles. The molecule has 1 heterocycles. The van der Waals surface area contributed by atoms with Gasteiger partial charge in [0.2, 0.25) is 0 Å². The van der Waals surface area contributed by atoms with Gasteiger partial charge in [-0.15, -0.1) is 0 Å². The van der Waals surface area contributed by atoms with E-state index in [-0.39, 0.29) is 34.7 Å². The van der Waals surface area contributed by atoms with E-state index in [9.17, 15) is 27.2 Å². The lowest BCUT2D eigenvalue weighted by molar-refractivity contribution is -0.138. The molecule has 0 bridgehead atoms. The van der Waals surface area contributed by atoms with Crippen LogP contribution in [-0.4, -0.2) is 22.9 Å². The standard InChI is InChI=1S/C24H21F4N3O4/c1-12(2)34-15-4-6-19(17(25)11-15)35-20-7-5-16(24(26,27)28)13(3)21(20)23(33)31-14-8-9-30-18(10-14)22(29)32/h4-12H,1-3H3,(H2,29,32)(H,30,31,33). The number of nitrogens with two attached hydrogens (primary N) is 1. The lowest BCUT2D eigenvalue weighted by Gasteiger charge is -2.18. The van der Waals surface area contributed by atoms with Crippen molar-refractivity contribution in [1.82, 2.24) is 4.98 Å². The van der Waals surface area contributed by atoms with Crippen LogP contribution in [0.1, 0.15) is 45.8 Å². The summed E-state index contributed by atoms with van der Waals surface area (Å²) in [4.78, 5) is 28.1. The third kappa shape index (κ3) is 6.05. The predicted molar refractivity (Wildman–Crippen MR) is 119 cm³/mol. The van der Waals surface area contributed by atoms with Crippen LogP contribution >= 0.6 is 0 Å². The van der Waals surface area contributed by atoms with Crippen molar-refractivity contribution < 1.29 is 36.6 Å². The molecule has 2 aromatic carbocycles. The first kappa shape index (κ1) is 25.5. The van der Waals surface area contributed by atoms with E-state index in [0.717, 1.165) is 31.2 Å². The van der Waals surface area contributed by atoms with Gasteiger partial charge in [0, 0.05) is 18.0 Å². The van der Waals surface area contributed by atoms with Crippen molar-refractivity contribution in [2.24, 2.45) is 5.73 Å². The third-order valence-electron chi connectivity index (χ3n) is 4.72. The number of rotatable bonds is 7. The van der Waals surface area contributed by atoms with Crippen LogP contribution < -0.4 is 20.5 Å². The van der Waals surface area contributed by atoms with E-state index < -0.39 is 40.5 Å². The molecule has 3 aromatic rings. The lowest BCUT2D eigenvalue weighted by Crippen LogP contribution is -2.19. The summed E-state index contributed by atoms with van der Waals surface area (Å²) in [5, 5.41) is 2.40. The van der Waals surface area contributed by atoms with Crippen LogP contribution in [0.3, 0.4) is 0 Å². The maximum absolute atomic E-state index is 14.6. The van der Waals surface area contributed by atoms with Crippen LogP contribution in [-0.2, 0) is 6.18 Å². The summed E-state index contributed by atoms with van der Waals surface area (Å²) in [5.74, 6) is -3.09. The number of amides is 2. The quantitative estimate of drug-likeness (QED) is 0.426. The summed E-state index contributed by atoms with van der Waals surface area (Å²) < 4.78 is 66.1. The van der Waals surface area contributed by atoms with Crippen LogP contribution in [0.25, 0.3) is 0 Å². The maximum Gasteiger partial charge on any atom is 0.416 e. The number of benzene rings is 2. The number of hydrogen-bond acceptors (Lipinski definition) is 5. The van der Waals surface area contributed by atoms with E-state index in [0.29, 0.717) is 0 Å². The molecule has 7 nitrogen and oxygen atoms in total. The molecule has 0 aliphatic carbocycles. The predicted octanol–water partition coefficient (Wildman–Crippen LogP) is 5.48. The Labute approximate surface area is 197 Å². The molecule has 0 radical (unpaired) electrons. The first-order valence-electron chi connectivity index (χ1n) is 10.3. The molecule has 0 aliphatic heterocycles. The molecule has 1 aromatic heterocycles. The molecule has 0 spiro atoms. The number of carbonyl (C=O) groups excluding carboxylic acids is 2. The topological polar surface area (TPSA) is 104 Å². The number of ether oxygens (including phenoxy) is 2. The number of pyridine rings is 1. The second kappa shape index (κ2) is 10.00. The van der Waals surface area contributed by atoms with Gasteiger partial charge in [-0.05, 0) is 62.7 Å². The number of anilines is 1. The molecule has 0 unspecified atom stereocenters. The maximum atomic E-state index is 14.6. The fourth-order valence-electron chi connectivity index (χ4n) is 3.23. The SMILES string of the molecule is Cc1c(C(F)(F)F)ccc(Oc2ccc(OC(C)C)cc2F)c1C(=O)Nc1ccnc(C(N)=O)c1. The number of nitrogens with zero attached hydrogens (tertiary/aromatic N) is 1. The molecular weight excluding hydrogens is 470 g/mol. The Balaban J connectivity index is 2.03. The molecule has 2 amide bonds. The Kier molecular flexibility index (Phi) is 7.28. The Hall–Kier alpha value is -4.15. The van der Waals surface area contributed by atoms with Crippen molar-refractivity contribution >= 4 is 17.5 Å². The second-order valence-electron chi connectivity index (χ2n) is 7.72. The molecule has 0 fully saturated rings. The summed E-state index contributed by atoms with van der Waals surface area (Å²) in [5.41, 5.74) is 3.10. The van der Waals surface area contributed by atoms with Gasteiger partial charge in [-0.2, -0.15) is 13.2 Å². The monoisotopic (exact) mass is 491 g/mol. The first-order chi connectivity index (χ1) is 16.4. The molecule has 35 heavy (non-hydrogen) atoms. The van der Waals surface area contributed by atoms with Crippen LogP contribution in [0.5, 0.6) is 17.2 Å². The zero-order chi connectivity index (χ0) is 25.9. The summed E-state index contributed by atoms with van der Waals surface area (Å²) in [7, 11) is 0. The average Bonchev–Trinajstić information content (AvgIpc) is 2.74. The Bertz CT molecular complexity index is 1280. The summed E-state index contributed by atoms with van der Waals surface area (Å²) in [6.07, 6.45) is -3.77. The first-order valence-corrected chi connectivity index (χ1v) is 10.3. The minimum Gasteiger partial charge on any atom is -0.491 e. The van der Waals surface area contributed by atoms with Crippen LogP contribution in [0.15, 0.2) is 48.7 Å². The second-order valence-corrected chi connectivity index (χ2v) is 7.72. The number of hydrogen-bond donors (Lipinski definition) is 2. The van der Waals surface area contributed by atoms with Crippen molar-refractivity contribution in [2.75, 3.05) is 5.32 Å². The van der Waals surface area contributed by atoms with Gasteiger partial charge in [0.1, 0.15) is 17.2 Å². The number of primary amides is 1. The van der Waals surface area contributed by atoms with Crippen molar-refractivity contribution in [1.29, 1.82) is 0 Å². The Morgan fingerprint density at radius 1 is 1.06 bits per heavy atom. The fourth-order valence-corrected chi connectivity index (χ4v) is 3.23. The van der Waals surface area contributed by atoms with Gasteiger partial charge in [-0.1, -0.05) is 0 Å². The highest BCUT2D eigenvalue weighted by atomic mass is 19.4.